The van der Waals surface area contributed by atoms with E-state index in [1.54, 1.807) is 4.90 Å². The molecule has 6 heteroatoms. The second-order valence-corrected chi connectivity index (χ2v) is 6.62. The maximum atomic E-state index is 12.1. The van der Waals surface area contributed by atoms with E-state index < -0.39 is 11.6 Å². The van der Waals surface area contributed by atoms with E-state index >= 15 is 0 Å². The highest BCUT2D eigenvalue weighted by atomic mass is 16.5. The zero-order chi connectivity index (χ0) is 15.5. The molecule has 2 rings (SSSR count). The number of amides is 2. The van der Waals surface area contributed by atoms with E-state index in [1.165, 1.54) is 32.1 Å². The van der Waals surface area contributed by atoms with Crippen LogP contribution in [0.3, 0.4) is 0 Å². The van der Waals surface area contributed by atoms with Crippen LogP contribution in [-0.4, -0.2) is 53.3 Å². The fraction of sp³-hybridized carbons (Fsp3) is 0.867. The molecule has 1 aliphatic carbocycles. The number of aliphatic carboxylic acids is 1. The molecule has 1 unspecified atom stereocenters. The number of carboxylic acid groups (broad SMARTS) is 1. The van der Waals surface area contributed by atoms with Crippen molar-refractivity contribution in [1.29, 1.82) is 0 Å². The van der Waals surface area contributed by atoms with Crippen LogP contribution < -0.4 is 5.32 Å². The molecule has 1 saturated carbocycles. The Labute approximate surface area is 125 Å². The summed E-state index contributed by atoms with van der Waals surface area (Å²) in [6, 6.07) is 0.133. The lowest BCUT2D eigenvalue weighted by Gasteiger charge is -2.47. The van der Waals surface area contributed by atoms with Crippen molar-refractivity contribution >= 4 is 12.0 Å². The topological polar surface area (TPSA) is 78.9 Å². The number of carboxylic acids is 1. The van der Waals surface area contributed by atoms with Gasteiger partial charge in [-0.05, 0) is 32.6 Å². The summed E-state index contributed by atoms with van der Waals surface area (Å²) >= 11 is 0. The van der Waals surface area contributed by atoms with Gasteiger partial charge in [-0.3, -0.25) is 0 Å². The van der Waals surface area contributed by atoms with Gasteiger partial charge in [-0.25, -0.2) is 9.59 Å². The predicted octanol–water partition coefficient (Wildman–Crippen LogP) is 1.84. The molecule has 0 aromatic heterocycles. The first-order valence-electron chi connectivity index (χ1n) is 7.81. The molecule has 2 amide bonds. The van der Waals surface area contributed by atoms with E-state index in [1.807, 2.05) is 6.92 Å². The van der Waals surface area contributed by atoms with Gasteiger partial charge in [0.1, 0.15) is 12.2 Å². The summed E-state index contributed by atoms with van der Waals surface area (Å²) in [7, 11) is 0. The number of hydrogen-bond acceptors (Lipinski definition) is 3. The molecule has 1 saturated heterocycles. The van der Waals surface area contributed by atoms with E-state index in [0.29, 0.717) is 19.0 Å². The molecular weight excluding hydrogens is 272 g/mol. The minimum atomic E-state index is -0.981. The first kappa shape index (κ1) is 16.1. The maximum Gasteiger partial charge on any atom is 0.329 e. The van der Waals surface area contributed by atoms with Crippen LogP contribution >= 0.6 is 0 Å². The van der Waals surface area contributed by atoms with Gasteiger partial charge < -0.3 is 20.1 Å². The molecule has 2 N–H and O–H groups in total. The summed E-state index contributed by atoms with van der Waals surface area (Å²) in [6.45, 7) is 4.50. The van der Waals surface area contributed by atoms with Crippen molar-refractivity contribution in [2.45, 2.75) is 57.6 Å². The third kappa shape index (κ3) is 4.33. The molecule has 0 aromatic rings. The van der Waals surface area contributed by atoms with E-state index in [-0.39, 0.29) is 18.7 Å². The zero-order valence-electron chi connectivity index (χ0n) is 12.9. The summed E-state index contributed by atoms with van der Waals surface area (Å²) in [5, 5.41) is 11.7. The lowest BCUT2D eigenvalue weighted by molar-refractivity contribution is -0.159. The molecular formula is C15H26N2O4. The number of hydrogen-bond donors (Lipinski definition) is 2. The van der Waals surface area contributed by atoms with Crippen molar-refractivity contribution < 1.29 is 19.4 Å². The van der Waals surface area contributed by atoms with E-state index in [4.69, 9.17) is 9.84 Å². The molecule has 1 aliphatic heterocycles. The average molecular weight is 298 g/mol. The van der Waals surface area contributed by atoms with Gasteiger partial charge in [-0.2, -0.15) is 0 Å². The molecule has 2 fully saturated rings. The number of likely N-dealkylation sites (tertiary alicyclic amines) is 1. The number of carbonyl (C=O) groups is 2. The second kappa shape index (κ2) is 6.64. The van der Waals surface area contributed by atoms with Gasteiger partial charge in [0.15, 0.2) is 0 Å². The standard InChI is InChI=1S/C15H26N2O4/c1-11(12-6-4-3-5-7-12)16-14(20)17-9-15(2,10-17)21-8-13(18)19/h11-12H,3-10H2,1-2H3,(H,16,20)(H,18,19). The number of rotatable bonds is 5. The van der Waals surface area contributed by atoms with Crippen LogP contribution in [0.4, 0.5) is 4.79 Å². The van der Waals surface area contributed by atoms with Gasteiger partial charge in [0.25, 0.3) is 0 Å². The lowest BCUT2D eigenvalue weighted by atomic mass is 9.84. The quantitative estimate of drug-likeness (QED) is 0.811. The molecule has 2 aliphatic rings. The number of ether oxygens (including phenoxy) is 1. The first-order valence-corrected chi connectivity index (χ1v) is 7.81. The highest BCUT2D eigenvalue weighted by Gasteiger charge is 2.43. The second-order valence-electron chi connectivity index (χ2n) is 6.62. The lowest BCUT2D eigenvalue weighted by Crippen LogP contribution is -2.66. The third-order valence-electron chi connectivity index (χ3n) is 4.59. The Morgan fingerprint density at radius 1 is 1.33 bits per heavy atom. The number of carbonyl (C=O) groups excluding carboxylic acids is 1. The fourth-order valence-corrected chi connectivity index (χ4v) is 3.27. The normalized spacial score (nSPS) is 23.2. The van der Waals surface area contributed by atoms with E-state index in [2.05, 4.69) is 12.2 Å². The van der Waals surface area contributed by atoms with Gasteiger partial charge >= 0.3 is 12.0 Å². The van der Waals surface area contributed by atoms with Crippen LogP contribution in [0.2, 0.25) is 0 Å². The number of nitrogens with one attached hydrogen (secondary N) is 1. The molecule has 0 bridgehead atoms. The third-order valence-corrected chi connectivity index (χ3v) is 4.59. The minimum Gasteiger partial charge on any atom is -0.480 e. The highest BCUT2D eigenvalue weighted by Crippen LogP contribution is 2.28. The Bertz CT molecular complexity index is 387. The highest BCUT2D eigenvalue weighted by molar-refractivity contribution is 5.76. The van der Waals surface area contributed by atoms with Crippen LogP contribution in [0, 0.1) is 5.92 Å². The van der Waals surface area contributed by atoms with Gasteiger partial charge in [-0.15, -0.1) is 0 Å². The number of urea groups is 1. The molecule has 1 atom stereocenters. The van der Waals surface area contributed by atoms with Crippen molar-refractivity contribution in [3.8, 4) is 0 Å². The van der Waals surface area contributed by atoms with Crippen molar-refractivity contribution in [2.24, 2.45) is 5.92 Å². The van der Waals surface area contributed by atoms with Crippen LogP contribution in [0.15, 0.2) is 0 Å². The Hall–Kier alpha value is -1.30. The Kier molecular flexibility index (Phi) is 5.08. The van der Waals surface area contributed by atoms with E-state index in [0.717, 1.165) is 0 Å². The van der Waals surface area contributed by atoms with Crippen LogP contribution in [0.5, 0.6) is 0 Å². The van der Waals surface area contributed by atoms with Crippen molar-refractivity contribution in [2.75, 3.05) is 19.7 Å². The van der Waals surface area contributed by atoms with Crippen molar-refractivity contribution in [1.82, 2.24) is 10.2 Å². The van der Waals surface area contributed by atoms with Crippen LogP contribution in [-0.2, 0) is 9.53 Å². The van der Waals surface area contributed by atoms with Gasteiger partial charge in [0, 0.05) is 6.04 Å². The Morgan fingerprint density at radius 2 is 1.95 bits per heavy atom. The summed E-state index contributed by atoms with van der Waals surface area (Å²) < 4.78 is 5.31. The average Bonchev–Trinajstić information content (AvgIpc) is 2.43. The zero-order valence-corrected chi connectivity index (χ0v) is 12.9. The number of nitrogens with zero attached hydrogens (tertiary/aromatic N) is 1. The maximum absolute atomic E-state index is 12.1. The van der Waals surface area contributed by atoms with Gasteiger partial charge in [0.2, 0.25) is 0 Å². The summed E-state index contributed by atoms with van der Waals surface area (Å²) in [5.74, 6) is -0.399. The minimum absolute atomic E-state index is 0.0653. The van der Waals surface area contributed by atoms with Crippen molar-refractivity contribution in [3.05, 3.63) is 0 Å². The summed E-state index contributed by atoms with van der Waals surface area (Å²) in [5.41, 5.74) is -0.524. The largest absolute Gasteiger partial charge is 0.480 e. The molecule has 0 aromatic carbocycles. The molecule has 0 spiro atoms. The summed E-state index contributed by atoms with van der Waals surface area (Å²) in [6.07, 6.45) is 6.22. The SMILES string of the molecule is CC(NC(=O)N1CC(C)(OCC(=O)O)C1)C1CCCCC1. The van der Waals surface area contributed by atoms with Crippen molar-refractivity contribution in [3.63, 3.8) is 0 Å². The molecule has 120 valence electrons. The summed E-state index contributed by atoms with van der Waals surface area (Å²) in [4.78, 5) is 24.3. The Morgan fingerprint density at radius 3 is 2.52 bits per heavy atom. The smallest absolute Gasteiger partial charge is 0.329 e. The van der Waals surface area contributed by atoms with Crippen LogP contribution in [0.25, 0.3) is 0 Å². The molecule has 0 radical (unpaired) electrons. The Balaban J connectivity index is 1.71. The fourth-order valence-electron chi connectivity index (χ4n) is 3.27. The molecule has 1 heterocycles. The van der Waals surface area contributed by atoms with Crippen LogP contribution in [0.1, 0.15) is 46.0 Å². The van der Waals surface area contributed by atoms with E-state index in [9.17, 15) is 9.59 Å². The molecule has 21 heavy (non-hydrogen) atoms. The predicted molar refractivity (Wildman–Crippen MR) is 78.1 cm³/mol. The van der Waals surface area contributed by atoms with Gasteiger partial charge in [0.05, 0.1) is 13.1 Å². The molecule has 6 nitrogen and oxygen atoms in total. The first-order chi connectivity index (χ1) is 9.89. The monoisotopic (exact) mass is 298 g/mol. The van der Waals surface area contributed by atoms with Gasteiger partial charge in [-0.1, -0.05) is 19.3 Å².